The molecule has 0 aliphatic heterocycles. The van der Waals surface area contributed by atoms with E-state index in [9.17, 15) is 4.39 Å². The van der Waals surface area contributed by atoms with Gasteiger partial charge in [0.2, 0.25) is 0 Å². The van der Waals surface area contributed by atoms with E-state index in [1.165, 1.54) is 24.2 Å². The topological polar surface area (TPSA) is 42.7 Å². The minimum Gasteiger partial charge on any atom is -0.313 e. The van der Waals surface area contributed by atoms with Gasteiger partial charge < -0.3 is 5.32 Å². The minimum absolute atomic E-state index is 0.227. The van der Waals surface area contributed by atoms with Gasteiger partial charge in [0.15, 0.2) is 5.16 Å². The van der Waals surface area contributed by atoms with Crippen molar-refractivity contribution >= 4 is 11.8 Å². The summed E-state index contributed by atoms with van der Waals surface area (Å²) in [5, 5.41) is 7.91. The van der Waals surface area contributed by atoms with Crippen LogP contribution in [0.4, 0.5) is 4.39 Å². The molecule has 2 aromatic rings. The summed E-state index contributed by atoms with van der Waals surface area (Å²) in [5.41, 5.74) is 0.932. The van der Waals surface area contributed by atoms with Crippen molar-refractivity contribution in [2.45, 2.75) is 23.5 Å². The zero-order valence-corrected chi connectivity index (χ0v) is 11.2. The Balaban J connectivity index is 2.17. The lowest BCUT2D eigenvalue weighted by Gasteiger charge is -2.06. The SMILES string of the molecule is CCNCc1cc(F)cc(Sc2ncnn2C)c1. The maximum atomic E-state index is 13.5. The molecular weight excluding hydrogens is 251 g/mol. The van der Waals surface area contributed by atoms with Crippen LogP contribution in [0.1, 0.15) is 12.5 Å². The summed E-state index contributed by atoms with van der Waals surface area (Å²) in [6, 6.07) is 5.02. The number of nitrogens with one attached hydrogen (secondary N) is 1. The van der Waals surface area contributed by atoms with Gasteiger partial charge in [0.05, 0.1) is 0 Å². The predicted molar refractivity (Wildman–Crippen MR) is 68.9 cm³/mol. The third kappa shape index (κ3) is 3.30. The van der Waals surface area contributed by atoms with Crippen molar-refractivity contribution in [3.63, 3.8) is 0 Å². The van der Waals surface area contributed by atoms with Crippen LogP contribution in [0.3, 0.4) is 0 Å². The van der Waals surface area contributed by atoms with Gasteiger partial charge in [-0.15, -0.1) is 0 Å². The Morgan fingerprint density at radius 3 is 2.89 bits per heavy atom. The Morgan fingerprint density at radius 1 is 1.39 bits per heavy atom. The fraction of sp³-hybridized carbons (Fsp3) is 0.333. The summed E-state index contributed by atoms with van der Waals surface area (Å²) in [6.45, 7) is 3.55. The molecule has 0 saturated carbocycles. The number of hydrogen-bond acceptors (Lipinski definition) is 4. The van der Waals surface area contributed by atoms with E-state index in [1.807, 2.05) is 20.0 Å². The highest BCUT2D eigenvalue weighted by atomic mass is 32.2. The first kappa shape index (κ1) is 13.0. The predicted octanol–water partition coefficient (Wildman–Crippen LogP) is 2.21. The summed E-state index contributed by atoms with van der Waals surface area (Å²) in [4.78, 5) is 4.94. The zero-order valence-electron chi connectivity index (χ0n) is 10.4. The van der Waals surface area contributed by atoms with E-state index in [0.29, 0.717) is 6.54 Å². The molecule has 0 spiro atoms. The fourth-order valence-corrected chi connectivity index (χ4v) is 2.41. The Morgan fingerprint density at radius 2 is 2.22 bits per heavy atom. The number of halogens is 1. The van der Waals surface area contributed by atoms with Crippen LogP contribution in [0.25, 0.3) is 0 Å². The Labute approximate surface area is 110 Å². The van der Waals surface area contributed by atoms with E-state index in [4.69, 9.17) is 0 Å². The zero-order chi connectivity index (χ0) is 13.0. The molecule has 0 fully saturated rings. The van der Waals surface area contributed by atoms with Crippen LogP contribution in [0, 0.1) is 5.82 Å². The molecule has 4 nitrogen and oxygen atoms in total. The molecule has 2 rings (SSSR count). The molecule has 0 radical (unpaired) electrons. The van der Waals surface area contributed by atoms with Crippen LogP contribution < -0.4 is 5.32 Å². The molecule has 1 heterocycles. The van der Waals surface area contributed by atoms with Gasteiger partial charge in [0.1, 0.15) is 12.1 Å². The van der Waals surface area contributed by atoms with Crippen LogP contribution in [0.15, 0.2) is 34.6 Å². The second-order valence-corrected chi connectivity index (χ2v) is 4.88. The van der Waals surface area contributed by atoms with Crippen molar-refractivity contribution in [2.75, 3.05) is 6.54 Å². The van der Waals surface area contributed by atoms with E-state index in [1.54, 1.807) is 10.7 Å². The first-order chi connectivity index (χ1) is 8.69. The molecule has 1 aromatic carbocycles. The number of benzene rings is 1. The first-order valence-corrected chi connectivity index (χ1v) is 6.52. The van der Waals surface area contributed by atoms with Gasteiger partial charge in [-0.2, -0.15) is 5.10 Å². The highest BCUT2D eigenvalue weighted by molar-refractivity contribution is 7.99. The van der Waals surface area contributed by atoms with Crippen molar-refractivity contribution in [3.8, 4) is 0 Å². The molecule has 0 amide bonds. The van der Waals surface area contributed by atoms with Crippen molar-refractivity contribution in [3.05, 3.63) is 35.9 Å². The molecular formula is C12H15FN4S. The maximum Gasteiger partial charge on any atom is 0.190 e. The van der Waals surface area contributed by atoms with Gasteiger partial charge in [-0.3, -0.25) is 0 Å². The molecule has 6 heteroatoms. The van der Waals surface area contributed by atoms with Gasteiger partial charge in [-0.05, 0) is 30.3 Å². The summed E-state index contributed by atoms with van der Waals surface area (Å²) in [6.07, 6.45) is 1.49. The number of aromatic nitrogens is 3. The van der Waals surface area contributed by atoms with Gasteiger partial charge in [0, 0.05) is 18.5 Å². The average molecular weight is 266 g/mol. The second-order valence-electron chi connectivity index (χ2n) is 3.84. The lowest BCUT2D eigenvalue weighted by atomic mass is 10.2. The summed E-state index contributed by atoms with van der Waals surface area (Å²) in [7, 11) is 1.81. The summed E-state index contributed by atoms with van der Waals surface area (Å²) in [5.74, 6) is -0.227. The van der Waals surface area contributed by atoms with Crippen LogP contribution in [-0.4, -0.2) is 21.3 Å². The average Bonchev–Trinajstić information content (AvgIpc) is 2.72. The molecule has 1 aromatic heterocycles. The quantitative estimate of drug-likeness (QED) is 0.901. The molecule has 0 aliphatic carbocycles. The fourth-order valence-electron chi connectivity index (χ4n) is 1.53. The number of nitrogens with zero attached hydrogens (tertiary/aromatic N) is 3. The smallest absolute Gasteiger partial charge is 0.190 e. The Kier molecular flexibility index (Phi) is 4.33. The van der Waals surface area contributed by atoms with Crippen LogP contribution in [-0.2, 0) is 13.6 Å². The van der Waals surface area contributed by atoms with E-state index in [-0.39, 0.29) is 5.82 Å². The molecule has 96 valence electrons. The number of rotatable bonds is 5. The number of aryl methyl sites for hydroxylation is 1. The first-order valence-electron chi connectivity index (χ1n) is 5.71. The third-order valence-corrected chi connectivity index (χ3v) is 3.41. The molecule has 0 aliphatic rings. The van der Waals surface area contributed by atoms with Crippen LogP contribution in [0.5, 0.6) is 0 Å². The molecule has 0 saturated heterocycles. The molecule has 18 heavy (non-hydrogen) atoms. The molecule has 1 N–H and O–H groups in total. The van der Waals surface area contributed by atoms with E-state index in [0.717, 1.165) is 22.2 Å². The normalized spacial score (nSPS) is 10.8. The standard InChI is InChI=1S/C12H15FN4S/c1-3-14-7-9-4-10(13)6-11(5-9)18-12-15-8-16-17(12)2/h4-6,8,14H,3,7H2,1-2H3. The molecule has 0 bridgehead atoms. The Hall–Kier alpha value is -1.40. The lowest BCUT2D eigenvalue weighted by Crippen LogP contribution is -2.11. The highest BCUT2D eigenvalue weighted by Gasteiger charge is 2.06. The van der Waals surface area contributed by atoms with E-state index < -0.39 is 0 Å². The van der Waals surface area contributed by atoms with Gasteiger partial charge >= 0.3 is 0 Å². The van der Waals surface area contributed by atoms with Crippen molar-refractivity contribution in [2.24, 2.45) is 7.05 Å². The van der Waals surface area contributed by atoms with Crippen LogP contribution in [0.2, 0.25) is 0 Å². The van der Waals surface area contributed by atoms with Gasteiger partial charge in [0.25, 0.3) is 0 Å². The molecule has 0 unspecified atom stereocenters. The van der Waals surface area contributed by atoms with Gasteiger partial charge in [-0.1, -0.05) is 18.7 Å². The van der Waals surface area contributed by atoms with Crippen molar-refractivity contribution < 1.29 is 4.39 Å². The third-order valence-electron chi connectivity index (χ3n) is 2.39. The Bertz CT molecular complexity index is 527. The van der Waals surface area contributed by atoms with E-state index in [2.05, 4.69) is 15.4 Å². The highest BCUT2D eigenvalue weighted by Crippen LogP contribution is 2.26. The van der Waals surface area contributed by atoms with Crippen LogP contribution >= 0.6 is 11.8 Å². The minimum atomic E-state index is -0.227. The molecule has 0 atom stereocenters. The van der Waals surface area contributed by atoms with Gasteiger partial charge in [-0.25, -0.2) is 14.1 Å². The van der Waals surface area contributed by atoms with Crippen molar-refractivity contribution in [1.29, 1.82) is 0 Å². The number of hydrogen-bond donors (Lipinski definition) is 1. The maximum absolute atomic E-state index is 13.5. The lowest BCUT2D eigenvalue weighted by molar-refractivity contribution is 0.617. The van der Waals surface area contributed by atoms with Crippen molar-refractivity contribution in [1.82, 2.24) is 20.1 Å². The second kappa shape index (κ2) is 5.97. The summed E-state index contributed by atoms with van der Waals surface area (Å²) < 4.78 is 15.2. The van der Waals surface area contributed by atoms with E-state index >= 15 is 0 Å². The largest absolute Gasteiger partial charge is 0.313 e. The monoisotopic (exact) mass is 266 g/mol. The summed E-state index contributed by atoms with van der Waals surface area (Å²) >= 11 is 1.40.